The minimum atomic E-state index is -0.420. The summed E-state index contributed by atoms with van der Waals surface area (Å²) in [5.41, 5.74) is 2.81. The number of methoxy groups -OCH3 is 1. The van der Waals surface area contributed by atoms with E-state index >= 15 is 0 Å². The van der Waals surface area contributed by atoms with E-state index in [9.17, 15) is 9.59 Å². The van der Waals surface area contributed by atoms with Crippen LogP contribution in [0.15, 0.2) is 75.8 Å². The van der Waals surface area contributed by atoms with Crippen molar-refractivity contribution in [3.05, 3.63) is 82.6 Å². The maximum absolute atomic E-state index is 12.9. The molecule has 0 unspecified atom stereocenters. The average molecular weight is 421 g/mol. The number of nitrogens with zero attached hydrogens (tertiary/aromatic N) is 2. The largest absolute Gasteiger partial charge is 0.465 e. The minimum Gasteiger partial charge on any atom is -0.465 e. The number of ether oxygens (including phenoxy) is 1. The summed E-state index contributed by atoms with van der Waals surface area (Å²) in [5.74, 6) is 0.406. The van der Waals surface area contributed by atoms with E-state index in [2.05, 4.69) is 5.10 Å². The molecule has 3 aromatic rings. The molecule has 0 saturated heterocycles. The monoisotopic (exact) mass is 420 g/mol. The molecule has 0 radical (unpaired) electrons. The summed E-state index contributed by atoms with van der Waals surface area (Å²) in [7, 11) is 1.34. The maximum atomic E-state index is 12.9. The molecule has 1 amide bonds. The van der Waals surface area contributed by atoms with Crippen LogP contribution < -0.4 is 5.01 Å². The minimum absolute atomic E-state index is 0.250. The van der Waals surface area contributed by atoms with Crippen LogP contribution in [0.25, 0.3) is 17.4 Å². The Morgan fingerprint density at radius 2 is 1.90 bits per heavy atom. The van der Waals surface area contributed by atoms with Gasteiger partial charge < -0.3 is 9.15 Å². The number of carbonyl (C=O) groups excluding carboxylic acids is 2. The van der Waals surface area contributed by atoms with E-state index in [1.165, 1.54) is 12.1 Å². The Morgan fingerprint density at radius 3 is 2.63 bits per heavy atom. The number of benzene rings is 2. The van der Waals surface area contributed by atoms with Gasteiger partial charge in [-0.25, -0.2) is 4.79 Å². The van der Waals surface area contributed by atoms with Crippen molar-refractivity contribution in [1.29, 1.82) is 0 Å². The number of esters is 1. The van der Waals surface area contributed by atoms with E-state index in [1.807, 2.05) is 6.07 Å². The number of amides is 1. The van der Waals surface area contributed by atoms with Crippen molar-refractivity contribution in [1.82, 2.24) is 0 Å². The van der Waals surface area contributed by atoms with Gasteiger partial charge in [-0.15, -0.1) is 0 Å². The normalized spacial score (nSPS) is 14.9. The fourth-order valence-corrected chi connectivity index (χ4v) is 3.21. The van der Waals surface area contributed by atoms with Crippen molar-refractivity contribution in [2.24, 2.45) is 5.10 Å². The first kappa shape index (κ1) is 19.7. The van der Waals surface area contributed by atoms with E-state index in [-0.39, 0.29) is 5.91 Å². The zero-order valence-electron chi connectivity index (χ0n) is 16.3. The molecular formula is C23H17ClN2O4. The van der Waals surface area contributed by atoms with Gasteiger partial charge in [0.2, 0.25) is 0 Å². The van der Waals surface area contributed by atoms with Gasteiger partial charge in [-0.1, -0.05) is 23.7 Å². The molecule has 2 aromatic carbocycles. The Hall–Kier alpha value is -3.64. The van der Waals surface area contributed by atoms with Gasteiger partial charge >= 0.3 is 5.97 Å². The van der Waals surface area contributed by atoms with E-state index in [0.29, 0.717) is 39.1 Å². The van der Waals surface area contributed by atoms with Crippen molar-refractivity contribution in [2.75, 3.05) is 12.1 Å². The standard InChI is InChI=1S/C23H17ClN2O4/c1-14-20(22(27)26(25-14)18-8-6-17(24)7-9-18)13-19-10-11-21(30-19)15-4-3-5-16(12-15)23(28)29-2/h3-13H,1-2H3. The van der Waals surface area contributed by atoms with Gasteiger partial charge in [0, 0.05) is 10.6 Å². The van der Waals surface area contributed by atoms with E-state index in [0.717, 1.165) is 5.56 Å². The van der Waals surface area contributed by atoms with Gasteiger partial charge in [-0.3, -0.25) is 4.79 Å². The smallest absolute Gasteiger partial charge is 0.337 e. The lowest BCUT2D eigenvalue weighted by Crippen LogP contribution is -2.21. The lowest BCUT2D eigenvalue weighted by atomic mass is 10.1. The quantitative estimate of drug-likeness (QED) is 0.430. The second-order valence-electron chi connectivity index (χ2n) is 6.61. The fraction of sp³-hybridized carbons (Fsp3) is 0.0870. The van der Waals surface area contributed by atoms with Crippen LogP contribution in [0.2, 0.25) is 5.02 Å². The first-order valence-corrected chi connectivity index (χ1v) is 9.50. The van der Waals surface area contributed by atoms with Crippen molar-refractivity contribution >= 4 is 41.0 Å². The van der Waals surface area contributed by atoms with Crippen LogP contribution >= 0.6 is 11.6 Å². The zero-order chi connectivity index (χ0) is 21.3. The third kappa shape index (κ3) is 3.77. The molecule has 7 heteroatoms. The number of halogens is 1. The number of carbonyl (C=O) groups is 2. The van der Waals surface area contributed by atoms with Crippen LogP contribution in [0.3, 0.4) is 0 Å². The van der Waals surface area contributed by atoms with Crippen molar-refractivity contribution in [3.63, 3.8) is 0 Å². The topological polar surface area (TPSA) is 72.1 Å². The highest BCUT2D eigenvalue weighted by Gasteiger charge is 2.29. The molecule has 0 fully saturated rings. The fourth-order valence-electron chi connectivity index (χ4n) is 3.09. The van der Waals surface area contributed by atoms with Gasteiger partial charge in [0.15, 0.2) is 0 Å². The predicted molar refractivity (Wildman–Crippen MR) is 116 cm³/mol. The van der Waals surface area contributed by atoms with Crippen LogP contribution in [0.5, 0.6) is 0 Å². The lowest BCUT2D eigenvalue weighted by molar-refractivity contribution is -0.114. The molecule has 0 aliphatic carbocycles. The third-order valence-electron chi connectivity index (χ3n) is 4.62. The number of furan rings is 1. The zero-order valence-corrected chi connectivity index (χ0v) is 17.0. The van der Waals surface area contributed by atoms with E-state index in [4.69, 9.17) is 20.8 Å². The summed E-state index contributed by atoms with van der Waals surface area (Å²) in [6.07, 6.45) is 1.66. The molecule has 2 heterocycles. The van der Waals surface area contributed by atoms with Gasteiger partial charge in [0.05, 0.1) is 29.6 Å². The summed E-state index contributed by atoms with van der Waals surface area (Å²) >= 11 is 5.92. The first-order chi connectivity index (χ1) is 14.5. The second-order valence-corrected chi connectivity index (χ2v) is 7.05. The maximum Gasteiger partial charge on any atom is 0.337 e. The molecular weight excluding hydrogens is 404 g/mol. The van der Waals surface area contributed by atoms with E-state index in [1.54, 1.807) is 67.6 Å². The molecule has 1 aromatic heterocycles. The molecule has 150 valence electrons. The Kier molecular flexibility index (Phi) is 5.25. The van der Waals surface area contributed by atoms with Crippen LogP contribution in [0.1, 0.15) is 23.0 Å². The molecule has 0 spiro atoms. The van der Waals surface area contributed by atoms with Crippen molar-refractivity contribution in [3.8, 4) is 11.3 Å². The summed E-state index contributed by atoms with van der Waals surface area (Å²) in [6, 6.07) is 17.4. The van der Waals surface area contributed by atoms with Crippen LogP contribution in [0.4, 0.5) is 5.69 Å². The Labute approximate surface area is 178 Å². The Bertz CT molecular complexity index is 1190. The molecule has 30 heavy (non-hydrogen) atoms. The number of hydrazone groups is 1. The number of hydrogen-bond acceptors (Lipinski definition) is 5. The van der Waals surface area contributed by atoms with Gasteiger partial charge in [0.1, 0.15) is 11.5 Å². The van der Waals surface area contributed by atoms with Gasteiger partial charge in [-0.05, 0) is 61.5 Å². The number of anilines is 1. The van der Waals surface area contributed by atoms with Crippen LogP contribution in [0, 0.1) is 0 Å². The molecule has 1 aliphatic heterocycles. The Balaban J connectivity index is 1.60. The Morgan fingerprint density at radius 1 is 1.13 bits per heavy atom. The lowest BCUT2D eigenvalue weighted by Gasteiger charge is -2.11. The molecule has 4 rings (SSSR count). The van der Waals surface area contributed by atoms with Crippen molar-refractivity contribution in [2.45, 2.75) is 6.92 Å². The molecule has 0 saturated carbocycles. The average Bonchev–Trinajstić information content (AvgIpc) is 3.34. The molecule has 0 bridgehead atoms. The summed E-state index contributed by atoms with van der Waals surface area (Å²) in [4.78, 5) is 24.6. The van der Waals surface area contributed by atoms with Crippen molar-refractivity contribution < 1.29 is 18.7 Å². The number of hydrogen-bond donors (Lipinski definition) is 0. The molecule has 0 N–H and O–H groups in total. The molecule has 1 aliphatic rings. The first-order valence-electron chi connectivity index (χ1n) is 9.12. The second kappa shape index (κ2) is 8.00. The third-order valence-corrected chi connectivity index (χ3v) is 4.87. The van der Waals surface area contributed by atoms with Crippen LogP contribution in [-0.4, -0.2) is 24.7 Å². The van der Waals surface area contributed by atoms with Gasteiger partial charge in [-0.2, -0.15) is 10.1 Å². The highest BCUT2D eigenvalue weighted by atomic mass is 35.5. The SMILES string of the molecule is COC(=O)c1cccc(-c2ccc(C=C3C(=O)N(c4ccc(Cl)cc4)N=C3C)o2)c1. The highest BCUT2D eigenvalue weighted by Crippen LogP contribution is 2.28. The van der Waals surface area contributed by atoms with Gasteiger partial charge in [0.25, 0.3) is 5.91 Å². The molecule has 6 nitrogen and oxygen atoms in total. The predicted octanol–water partition coefficient (Wildman–Crippen LogP) is 5.19. The van der Waals surface area contributed by atoms with Crippen LogP contribution in [-0.2, 0) is 9.53 Å². The summed E-state index contributed by atoms with van der Waals surface area (Å²) in [5, 5.41) is 6.27. The van der Waals surface area contributed by atoms with E-state index < -0.39 is 5.97 Å². The molecule has 0 atom stereocenters. The summed E-state index contributed by atoms with van der Waals surface area (Å²) in [6.45, 7) is 1.77. The highest BCUT2D eigenvalue weighted by molar-refractivity contribution is 6.32. The summed E-state index contributed by atoms with van der Waals surface area (Å²) < 4.78 is 10.6. The number of rotatable bonds is 4.